The Morgan fingerprint density at radius 3 is 2.54 bits per heavy atom. The van der Waals surface area contributed by atoms with Gasteiger partial charge in [-0.15, -0.1) is 0 Å². The first-order chi connectivity index (χ1) is 6.07. The van der Waals surface area contributed by atoms with Crippen LogP contribution in [0.5, 0.6) is 5.75 Å². The molecule has 1 aromatic carbocycles. The molecule has 0 aliphatic heterocycles. The topological polar surface area (TPSA) is 37.3 Å². The molecule has 0 heterocycles. The minimum absolute atomic E-state index is 0.0133. The SMILES string of the molecule is CCC(=O)c1ccc(C)c(C)c1O. The Morgan fingerprint density at radius 2 is 2.00 bits per heavy atom. The first kappa shape index (κ1) is 9.78. The number of hydrogen-bond donors (Lipinski definition) is 1. The Kier molecular flexibility index (Phi) is 2.71. The average molecular weight is 178 g/mol. The van der Waals surface area contributed by atoms with Crippen molar-refractivity contribution in [1.82, 2.24) is 0 Å². The van der Waals surface area contributed by atoms with Gasteiger partial charge in [0, 0.05) is 6.42 Å². The van der Waals surface area contributed by atoms with Gasteiger partial charge >= 0.3 is 0 Å². The van der Waals surface area contributed by atoms with Crippen LogP contribution in [0.4, 0.5) is 0 Å². The van der Waals surface area contributed by atoms with E-state index >= 15 is 0 Å². The van der Waals surface area contributed by atoms with Crippen molar-refractivity contribution in [3.63, 3.8) is 0 Å². The molecule has 0 bridgehead atoms. The highest BCUT2D eigenvalue weighted by Gasteiger charge is 2.11. The Bertz CT molecular complexity index is 340. The monoisotopic (exact) mass is 178 g/mol. The third-order valence-corrected chi connectivity index (χ3v) is 2.32. The molecule has 2 heteroatoms. The van der Waals surface area contributed by atoms with E-state index in [1.54, 1.807) is 13.0 Å². The molecule has 2 nitrogen and oxygen atoms in total. The number of ketones is 1. The maximum Gasteiger partial charge on any atom is 0.166 e. The lowest BCUT2D eigenvalue weighted by Crippen LogP contribution is -1.98. The molecular weight excluding hydrogens is 164 g/mol. The van der Waals surface area contributed by atoms with Crippen molar-refractivity contribution in [1.29, 1.82) is 0 Å². The summed E-state index contributed by atoms with van der Waals surface area (Å²) in [5.74, 6) is 0.118. The smallest absolute Gasteiger partial charge is 0.166 e. The van der Waals surface area contributed by atoms with Crippen molar-refractivity contribution in [2.45, 2.75) is 27.2 Å². The van der Waals surface area contributed by atoms with Crippen molar-refractivity contribution >= 4 is 5.78 Å². The molecule has 0 fully saturated rings. The number of phenols is 1. The number of Topliss-reactive ketones (excluding diaryl/α,β-unsaturated/α-hetero) is 1. The molecule has 0 unspecified atom stereocenters. The summed E-state index contributed by atoms with van der Waals surface area (Å²) in [7, 11) is 0. The lowest BCUT2D eigenvalue weighted by atomic mass is 10.0. The first-order valence-corrected chi connectivity index (χ1v) is 4.40. The van der Waals surface area contributed by atoms with Crippen molar-refractivity contribution in [2.24, 2.45) is 0 Å². The van der Waals surface area contributed by atoms with Crippen LogP contribution >= 0.6 is 0 Å². The molecule has 0 aromatic heterocycles. The highest BCUT2D eigenvalue weighted by atomic mass is 16.3. The van der Waals surface area contributed by atoms with Crippen LogP contribution in [0.25, 0.3) is 0 Å². The van der Waals surface area contributed by atoms with E-state index in [1.807, 2.05) is 19.9 Å². The van der Waals surface area contributed by atoms with Gasteiger partial charge in [0.2, 0.25) is 0 Å². The summed E-state index contributed by atoms with van der Waals surface area (Å²) >= 11 is 0. The molecule has 13 heavy (non-hydrogen) atoms. The van der Waals surface area contributed by atoms with E-state index in [-0.39, 0.29) is 11.5 Å². The van der Waals surface area contributed by atoms with Crippen molar-refractivity contribution in [3.05, 3.63) is 28.8 Å². The number of phenolic OH excluding ortho intramolecular Hbond substituents is 1. The second-order valence-electron chi connectivity index (χ2n) is 3.18. The Morgan fingerprint density at radius 1 is 1.38 bits per heavy atom. The van der Waals surface area contributed by atoms with Crippen molar-refractivity contribution in [2.75, 3.05) is 0 Å². The average Bonchev–Trinajstić information content (AvgIpc) is 2.13. The Balaban J connectivity index is 3.26. The van der Waals surface area contributed by atoms with Crippen LogP contribution < -0.4 is 0 Å². The second-order valence-corrected chi connectivity index (χ2v) is 3.18. The second kappa shape index (κ2) is 3.60. The van der Waals surface area contributed by atoms with E-state index < -0.39 is 0 Å². The highest BCUT2D eigenvalue weighted by molar-refractivity contribution is 5.98. The van der Waals surface area contributed by atoms with Gasteiger partial charge in [-0.05, 0) is 31.0 Å². The van der Waals surface area contributed by atoms with Crippen LogP contribution in [0.2, 0.25) is 0 Å². The lowest BCUT2D eigenvalue weighted by molar-refractivity contribution is 0.0985. The van der Waals surface area contributed by atoms with Crippen LogP contribution in [0.1, 0.15) is 34.8 Å². The maximum absolute atomic E-state index is 11.3. The molecule has 0 aliphatic carbocycles. The maximum atomic E-state index is 11.3. The zero-order valence-electron chi connectivity index (χ0n) is 8.22. The molecular formula is C11H14O2. The van der Waals surface area contributed by atoms with Crippen LogP contribution in [0.15, 0.2) is 12.1 Å². The quantitative estimate of drug-likeness (QED) is 0.707. The largest absolute Gasteiger partial charge is 0.507 e. The molecule has 0 aliphatic rings. The van der Waals surface area contributed by atoms with Gasteiger partial charge in [0.25, 0.3) is 0 Å². The molecule has 1 rings (SSSR count). The molecule has 0 saturated heterocycles. The summed E-state index contributed by atoms with van der Waals surface area (Å²) in [5, 5.41) is 9.66. The van der Waals surface area contributed by atoms with Gasteiger partial charge < -0.3 is 5.11 Å². The fraction of sp³-hybridized carbons (Fsp3) is 0.364. The van der Waals surface area contributed by atoms with Crippen LogP contribution in [-0.2, 0) is 0 Å². The minimum atomic E-state index is -0.0133. The summed E-state index contributed by atoms with van der Waals surface area (Å²) in [5.41, 5.74) is 2.23. The Labute approximate surface area is 78.2 Å². The molecule has 1 N–H and O–H groups in total. The number of benzene rings is 1. The molecule has 1 aromatic rings. The molecule has 0 radical (unpaired) electrons. The van der Waals surface area contributed by atoms with Crippen LogP contribution in [0.3, 0.4) is 0 Å². The molecule has 0 saturated carbocycles. The number of aromatic hydroxyl groups is 1. The van der Waals surface area contributed by atoms with Crippen LogP contribution in [-0.4, -0.2) is 10.9 Å². The zero-order chi connectivity index (χ0) is 10.0. The number of aryl methyl sites for hydroxylation is 1. The van der Waals surface area contributed by atoms with E-state index in [0.717, 1.165) is 11.1 Å². The summed E-state index contributed by atoms with van der Waals surface area (Å²) in [6.45, 7) is 5.52. The van der Waals surface area contributed by atoms with E-state index in [9.17, 15) is 9.90 Å². The number of rotatable bonds is 2. The number of carbonyl (C=O) groups is 1. The standard InChI is InChI=1S/C11H14O2/c1-4-10(12)9-6-5-7(2)8(3)11(9)13/h5-6,13H,4H2,1-3H3. The van der Waals surface area contributed by atoms with Crippen LogP contribution in [0, 0.1) is 13.8 Å². The van der Waals surface area contributed by atoms with Gasteiger partial charge in [-0.2, -0.15) is 0 Å². The van der Waals surface area contributed by atoms with Gasteiger partial charge in [0.15, 0.2) is 5.78 Å². The molecule has 70 valence electrons. The van der Waals surface area contributed by atoms with Gasteiger partial charge in [0.05, 0.1) is 5.56 Å². The van der Waals surface area contributed by atoms with E-state index in [0.29, 0.717) is 12.0 Å². The fourth-order valence-corrected chi connectivity index (χ4v) is 1.22. The number of carbonyl (C=O) groups excluding carboxylic acids is 1. The highest BCUT2D eigenvalue weighted by Crippen LogP contribution is 2.25. The number of hydrogen-bond acceptors (Lipinski definition) is 2. The third-order valence-electron chi connectivity index (χ3n) is 2.32. The zero-order valence-corrected chi connectivity index (χ0v) is 8.22. The summed E-state index contributed by atoms with van der Waals surface area (Å²) < 4.78 is 0. The van der Waals surface area contributed by atoms with Crippen molar-refractivity contribution in [3.8, 4) is 5.75 Å². The van der Waals surface area contributed by atoms with Gasteiger partial charge in [-0.25, -0.2) is 0 Å². The van der Waals surface area contributed by atoms with Crippen molar-refractivity contribution < 1.29 is 9.90 Å². The first-order valence-electron chi connectivity index (χ1n) is 4.40. The predicted molar refractivity (Wildman–Crippen MR) is 52.2 cm³/mol. The molecule has 0 atom stereocenters. The van der Waals surface area contributed by atoms with E-state index in [2.05, 4.69) is 0 Å². The summed E-state index contributed by atoms with van der Waals surface area (Å²) in [4.78, 5) is 11.3. The fourth-order valence-electron chi connectivity index (χ4n) is 1.22. The Hall–Kier alpha value is -1.31. The van der Waals surface area contributed by atoms with Gasteiger partial charge in [-0.3, -0.25) is 4.79 Å². The normalized spacial score (nSPS) is 10.1. The predicted octanol–water partition coefficient (Wildman–Crippen LogP) is 2.60. The lowest BCUT2D eigenvalue weighted by Gasteiger charge is -2.07. The summed E-state index contributed by atoms with van der Waals surface area (Å²) in [6, 6.07) is 3.54. The van der Waals surface area contributed by atoms with E-state index in [1.165, 1.54) is 0 Å². The van der Waals surface area contributed by atoms with Gasteiger partial charge in [0.1, 0.15) is 5.75 Å². The molecule has 0 spiro atoms. The van der Waals surface area contributed by atoms with Gasteiger partial charge in [-0.1, -0.05) is 13.0 Å². The molecule has 0 amide bonds. The third kappa shape index (κ3) is 1.72. The van der Waals surface area contributed by atoms with E-state index in [4.69, 9.17) is 0 Å². The summed E-state index contributed by atoms with van der Waals surface area (Å²) in [6.07, 6.45) is 0.427. The minimum Gasteiger partial charge on any atom is -0.507 e.